The number of anilines is 3. The smallest absolute Gasteiger partial charge is 0.371 e. The summed E-state index contributed by atoms with van der Waals surface area (Å²) in [6, 6.07) is 11.4. The van der Waals surface area contributed by atoms with Crippen molar-refractivity contribution in [1.82, 2.24) is 0 Å². The molecule has 7 heteroatoms. The van der Waals surface area contributed by atoms with Crippen molar-refractivity contribution < 1.29 is 18.0 Å². The average Bonchev–Trinajstić information content (AvgIpc) is 3.26. The van der Waals surface area contributed by atoms with Crippen molar-refractivity contribution in [3.05, 3.63) is 59.8 Å². The number of benzene rings is 2. The fourth-order valence-electron chi connectivity index (χ4n) is 3.52. The zero-order valence-corrected chi connectivity index (χ0v) is 14.4. The van der Waals surface area contributed by atoms with E-state index < -0.39 is 11.7 Å². The van der Waals surface area contributed by atoms with Gasteiger partial charge < -0.3 is 15.5 Å². The van der Waals surface area contributed by atoms with Crippen LogP contribution in [0.1, 0.15) is 24.0 Å². The maximum Gasteiger partial charge on any atom is 0.418 e. The molecule has 2 aromatic rings. The number of hydrogen-bond donors (Lipinski definition) is 2. The highest BCUT2D eigenvalue weighted by Gasteiger charge is 2.35. The lowest BCUT2D eigenvalue weighted by molar-refractivity contribution is -0.137. The van der Waals surface area contributed by atoms with Crippen LogP contribution in [0.2, 0.25) is 0 Å². The van der Waals surface area contributed by atoms with E-state index in [1.165, 1.54) is 12.3 Å². The highest BCUT2D eigenvalue weighted by molar-refractivity contribution is 6.31. The van der Waals surface area contributed by atoms with Gasteiger partial charge in [0.15, 0.2) is 0 Å². The molecule has 2 aliphatic rings. The predicted octanol–water partition coefficient (Wildman–Crippen LogP) is 4.71. The number of hydrogen-bond acceptors (Lipinski definition) is 3. The summed E-state index contributed by atoms with van der Waals surface area (Å²) >= 11 is 0. The number of nitrogens with zero attached hydrogens (tertiary/aromatic N) is 1. The number of amides is 1. The Morgan fingerprint density at radius 2 is 1.81 bits per heavy atom. The molecule has 0 saturated carbocycles. The maximum atomic E-state index is 13.5. The van der Waals surface area contributed by atoms with E-state index in [1.807, 2.05) is 6.07 Å². The second kappa shape index (κ2) is 6.64. The number of rotatable bonds is 3. The second-order valence-corrected chi connectivity index (χ2v) is 6.63. The summed E-state index contributed by atoms with van der Waals surface area (Å²) in [6.07, 6.45) is -1.19. The van der Waals surface area contributed by atoms with Crippen molar-refractivity contribution in [3.63, 3.8) is 0 Å². The van der Waals surface area contributed by atoms with Gasteiger partial charge in [-0.15, -0.1) is 0 Å². The first-order chi connectivity index (χ1) is 12.9. The van der Waals surface area contributed by atoms with Gasteiger partial charge in [-0.25, -0.2) is 0 Å². The predicted molar refractivity (Wildman–Crippen MR) is 99.6 cm³/mol. The molecule has 0 aromatic heterocycles. The van der Waals surface area contributed by atoms with Gasteiger partial charge in [0.1, 0.15) is 0 Å². The number of para-hydroxylation sites is 1. The molecule has 4 nitrogen and oxygen atoms in total. The van der Waals surface area contributed by atoms with Crippen LogP contribution in [-0.2, 0) is 11.0 Å². The summed E-state index contributed by atoms with van der Waals surface area (Å²) in [6.45, 7) is 1.27. The van der Waals surface area contributed by atoms with Gasteiger partial charge in [0, 0.05) is 41.9 Å². The Kier molecular flexibility index (Phi) is 4.30. The normalized spacial score (nSPS) is 18.0. The summed E-state index contributed by atoms with van der Waals surface area (Å²) in [5.74, 6) is -0.284. The van der Waals surface area contributed by atoms with E-state index in [0.29, 0.717) is 24.4 Å². The van der Waals surface area contributed by atoms with Crippen LogP contribution in [0.25, 0.3) is 5.57 Å². The number of alkyl halides is 3. The summed E-state index contributed by atoms with van der Waals surface area (Å²) in [4.78, 5) is 13.9. The van der Waals surface area contributed by atoms with Crippen molar-refractivity contribution in [1.29, 1.82) is 0 Å². The first-order valence-electron chi connectivity index (χ1n) is 8.77. The Bertz CT molecular complexity index is 915. The summed E-state index contributed by atoms with van der Waals surface area (Å²) in [7, 11) is 0. The minimum Gasteiger partial charge on any atom is -0.371 e. The van der Waals surface area contributed by atoms with Gasteiger partial charge in [-0.2, -0.15) is 13.2 Å². The van der Waals surface area contributed by atoms with E-state index in [0.717, 1.165) is 24.5 Å². The van der Waals surface area contributed by atoms with Gasteiger partial charge in [0.2, 0.25) is 0 Å². The summed E-state index contributed by atoms with van der Waals surface area (Å²) in [5, 5.41) is 5.58. The van der Waals surface area contributed by atoms with Crippen LogP contribution in [0.3, 0.4) is 0 Å². The lowest BCUT2D eigenvalue weighted by Crippen LogP contribution is -2.22. The van der Waals surface area contributed by atoms with Crippen LogP contribution in [0.15, 0.2) is 48.7 Å². The van der Waals surface area contributed by atoms with E-state index in [4.69, 9.17) is 0 Å². The standard InChI is InChI=1S/C20H18F3N3O/c21-20(22,23)16-11-13(7-8-18(16)26-9-3-4-10-26)24-12-15-14-5-1-2-6-17(14)25-19(15)27/h1-2,5-8,11-12,24H,3-4,9-10H2,(H,25,27)/b15-12+. The molecule has 2 N–H and O–H groups in total. The molecule has 1 saturated heterocycles. The molecule has 0 atom stereocenters. The Morgan fingerprint density at radius 3 is 2.56 bits per heavy atom. The molecular weight excluding hydrogens is 355 g/mol. The molecule has 2 aromatic carbocycles. The Labute approximate surface area is 154 Å². The molecule has 0 bridgehead atoms. The van der Waals surface area contributed by atoms with Crippen molar-refractivity contribution in [3.8, 4) is 0 Å². The minimum atomic E-state index is -4.44. The largest absolute Gasteiger partial charge is 0.418 e. The lowest BCUT2D eigenvalue weighted by Gasteiger charge is -2.23. The van der Waals surface area contributed by atoms with Crippen LogP contribution >= 0.6 is 0 Å². The Balaban J connectivity index is 1.64. The third-order valence-electron chi connectivity index (χ3n) is 4.84. The van der Waals surface area contributed by atoms with Gasteiger partial charge >= 0.3 is 6.18 Å². The topological polar surface area (TPSA) is 44.4 Å². The molecule has 4 rings (SSSR count). The van der Waals surface area contributed by atoms with Crippen LogP contribution < -0.4 is 15.5 Å². The van der Waals surface area contributed by atoms with Crippen LogP contribution in [-0.4, -0.2) is 19.0 Å². The monoisotopic (exact) mass is 373 g/mol. The number of fused-ring (bicyclic) bond motifs is 1. The molecule has 1 fully saturated rings. The first kappa shape index (κ1) is 17.5. The third kappa shape index (κ3) is 3.37. The Morgan fingerprint density at radius 1 is 1.07 bits per heavy atom. The van der Waals surface area contributed by atoms with Gasteiger partial charge in [0.25, 0.3) is 5.91 Å². The summed E-state index contributed by atoms with van der Waals surface area (Å²) in [5.41, 5.74) is 1.64. The van der Waals surface area contributed by atoms with Crippen molar-refractivity contribution in [2.45, 2.75) is 19.0 Å². The molecule has 2 heterocycles. The molecule has 2 aliphatic heterocycles. The van der Waals surface area contributed by atoms with Crippen LogP contribution in [0, 0.1) is 0 Å². The van der Waals surface area contributed by atoms with Crippen LogP contribution in [0.4, 0.5) is 30.2 Å². The molecular formula is C20H18F3N3O. The molecule has 0 spiro atoms. The quantitative estimate of drug-likeness (QED) is 0.766. The highest BCUT2D eigenvalue weighted by Crippen LogP contribution is 2.39. The van der Waals surface area contributed by atoms with Crippen molar-refractivity contribution in [2.24, 2.45) is 0 Å². The van der Waals surface area contributed by atoms with Gasteiger partial charge in [-0.1, -0.05) is 18.2 Å². The first-order valence-corrected chi connectivity index (χ1v) is 8.77. The van der Waals surface area contributed by atoms with Crippen molar-refractivity contribution in [2.75, 3.05) is 28.6 Å². The number of nitrogens with one attached hydrogen (secondary N) is 2. The Hall–Kier alpha value is -2.96. The van der Waals surface area contributed by atoms with Gasteiger partial charge in [-0.05, 0) is 37.1 Å². The zero-order valence-electron chi connectivity index (χ0n) is 14.4. The van der Waals surface area contributed by atoms with E-state index in [-0.39, 0.29) is 17.3 Å². The third-order valence-corrected chi connectivity index (χ3v) is 4.84. The minimum absolute atomic E-state index is 0.210. The van der Waals surface area contributed by atoms with E-state index in [1.54, 1.807) is 29.2 Å². The SMILES string of the molecule is O=C1Nc2ccccc2/C1=C\Nc1ccc(N2CCCC2)c(C(F)(F)F)c1. The van der Waals surface area contributed by atoms with E-state index in [9.17, 15) is 18.0 Å². The number of carbonyl (C=O) groups excluding carboxylic acids is 1. The average molecular weight is 373 g/mol. The molecule has 0 radical (unpaired) electrons. The van der Waals surface area contributed by atoms with Crippen molar-refractivity contribution >= 4 is 28.5 Å². The van der Waals surface area contributed by atoms with E-state index >= 15 is 0 Å². The zero-order chi connectivity index (χ0) is 19.0. The number of halogens is 3. The molecule has 1 amide bonds. The molecule has 0 aliphatic carbocycles. The van der Waals surface area contributed by atoms with E-state index in [2.05, 4.69) is 10.6 Å². The second-order valence-electron chi connectivity index (χ2n) is 6.63. The fraction of sp³-hybridized carbons (Fsp3) is 0.250. The molecule has 140 valence electrons. The highest BCUT2D eigenvalue weighted by atomic mass is 19.4. The molecule has 27 heavy (non-hydrogen) atoms. The maximum absolute atomic E-state index is 13.5. The fourth-order valence-corrected chi connectivity index (χ4v) is 3.52. The van der Waals surface area contributed by atoms with Gasteiger partial charge in [-0.3, -0.25) is 4.79 Å². The number of carbonyl (C=O) groups is 1. The van der Waals surface area contributed by atoms with Crippen LogP contribution in [0.5, 0.6) is 0 Å². The summed E-state index contributed by atoms with van der Waals surface area (Å²) < 4.78 is 40.6. The molecule has 0 unspecified atom stereocenters. The lowest BCUT2D eigenvalue weighted by atomic mass is 10.1. The van der Waals surface area contributed by atoms with Gasteiger partial charge in [0.05, 0.1) is 11.1 Å².